The topological polar surface area (TPSA) is 83.5 Å². The highest BCUT2D eigenvalue weighted by molar-refractivity contribution is 5.99. The van der Waals surface area contributed by atoms with Crippen LogP contribution in [0.25, 0.3) is 0 Å². The molecule has 0 aliphatic heterocycles. The number of benzene rings is 1. The number of Topliss-reactive ketones (excluding diaryl/α,β-unsaturated/α-hetero) is 1. The molecule has 0 aromatic heterocycles. The van der Waals surface area contributed by atoms with Gasteiger partial charge in [0.1, 0.15) is 11.9 Å². The molecule has 1 aromatic rings. The van der Waals surface area contributed by atoms with Crippen LogP contribution in [-0.2, 0) is 9.59 Å². The molecule has 2 N–H and O–H groups in total. The number of carbonyl (C=O) groups excluding carboxylic acids is 2. The Labute approximate surface area is 115 Å². The summed E-state index contributed by atoms with van der Waals surface area (Å²) in [7, 11) is 0. The number of carboxylic acid groups (broad SMARTS) is 1. The van der Waals surface area contributed by atoms with Crippen LogP contribution in [0.15, 0.2) is 24.3 Å². The Kier molecular flexibility index (Phi) is 5.01. The molecule has 1 amide bonds. The van der Waals surface area contributed by atoms with Gasteiger partial charge in [0.2, 0.25) is 0 Å². The molecule has 0 bridgehead atoms. The highest BCUT2D eigenvalue weighted by Crippen LogP contribution is 2.15. The second-order valence-corrected chi connectivity index (χ2v) is 4.00. The van der Waals surface area contributed by atoms with Crippen LogP contribution in [0, 0.1) is 5.82 Å². The summed E-state index contributed by atoms with van der Waals surface area (Å²) >= 11 is 0. The van der Waals surface area contributed by atoms with Gasteiger partial charge in [0, 0.05) is 12.0 Å². The first-order valence-electron chi connectivity index (χ1n) is 5.50. The third-order valence-corrected chi connectivity index (χ3v) is 2.42. The average molecular weight is 307 g/mol. The second-order valence-electron chi connectivity index (χ2n) is 4.00. The van der Waals surface area contributed by atoms with Gasteiger partial charge in [-0.3, -0.25) is 9.59 Å². The first kappa shape index (κ1) is 16.6. The fourth-order valence-electron chi connectivity index (χ4n) is 1.38. The van der Waals surface area contributed by atoms with E-state index in [0.717, 1.165) is 24.3 Å². The number of rotatable bonds is 5. The highest BCUT2D eigenvalue weighted by Gasteiger charge is 2.41. The summed E-state index contributed by atoms with van der Waals surface area (Å²) in [4.78, 5) is 33.2. The Morgan fingerprint density at radius 1 is 1.14 bits per heavy atom. The van der Waals surface area contributed by atoms with Crippen LogP contribution in [0.2, 0.25) is 0 Å². The summed E-state index contributed by atoms with van der Waals surface area (Å²) in [6.45, 7) is 0. The van der Waals surface area contributed by atoms with Gasteiger partial charge >= 0.3 is 18.1 Å². The lowest BCUT2D eigenvalue weighted by Gasteiger charge is -2.15. The zero-order valence-corrected chi connectivity index (χ0v) is 10.3. The molecule has 0 radical (unpaired) electrons. The van der Waals surface area contributed by atoms with Crippen molar-refractivity contribution in [1.29, 1.82) is 0 Å². The molecule has 1 rings (SSSR count). The molecule has 5 nitrogen and oxygen atoms in total. The maximum Gasteiger partial charge on any atom is 0.471 e. The SMILES string of the molecule is O=C(C[C@@H](NC(=O)C(F)(F)F)C(=O)O)c1ccc(F)cc1. The van der Waals surface area contributed by atoms with Gasteiger partial charge in [-0.2, -0.15) is 13.2 Å². The van der Waals surface area contributed by atoms with Crippen LogP contribution < -0.4 is 5.32 Å². The summed E-state index contributed by atoms with van der Waals surface area (Å²) < 4.78 is 48.8. The molecule has 1 aromatic carbocycles. The van der Waals surface area contributed by atoms with Gasteiger partial charge in [-0.25, -0.2) is 9.18 Å². The number of hydrogen-bond acceptors (Lipinski definition) is 3. The monoisotopic (exact) mass is 307 g/mol. The summed E-state index contributed by atoms with van der Waals surface area (Å²) in [6.07, 6.45) is -6.14. The predicted molar refractivity (Wildman–Crippen MR) is 61.0 cm³/mol. The number of amides is 1. The van der Waals surface area contributed by atoms with Crippen molar-refractivity contribution in [3.63, 3.8) is 0 Å². The fraction of sp³-hybridized carbons (Fsp3) is 0.250. The van der Waals surface area contributed by atoms with Crippen molar-refractivity contribution >= 4 is 17.7 Å². The molecule has 0 aliphatic carbocycles. The Hall–Kier alpha value is -2.45. The van der Waals surface area contributed by atoms with Gasteiger partial charge in [0.05, 0.1) is 0 Å². The lowest BCUT2D eigenvalue weighted by atomic mass is 10.0. The lowest BCUT2D eigenvalue weighted by molar-refractivity contribution is -0.175. The van der Waals surface area contributed by atoms with Crippen LogP contribution in [0.4, 0.5) is 17.6 Å². The highest BCUT2D eigenvalue weighted by atomic mass is 19.4. The van der Waals surface area contributed by atoms with Crippen LogP contribution in [0.3, 0.4) is 0 Å². The molecule has 21 heavy (non-hydrogen) atoms. The van der Waals surface area contributed by atoms with E-state index in [-0.39, 0.29) is 5.56 Å². The minimum atomic E-state index is -5.26. The number of ketones is 1. The fourth-order valence-corrected chi connectivity index (χ4v) is 1.38. The molecule has 0 saturated carbocycles. The largest absolute Gasteiger partial charge is 0.480 e. The Morgan fingerprint density at radius 3 is 2.10 bits per heavy atom. The number of alkyl halides is 3. The second kappa shape index (κ2) is 6.33. The molecule has 1 atom stereocenters. The smallest absolute Gasteiger partial charge is 0.471 e. The third kappa shape index (κ3) is 4.86. The van der Waals surface area contributed by atoms with Gasteiger partial charge in [0.15, 0.2) is 5.78 Å². The minimum absolute atomic E-state index is 0.0797. The average Bonchev–Trinajstić information content (AvgIpc) is 2.37. The summed E-state index contributed by atoms with van der Waals surface area (Å²) in [5.41, 5.74) is -0.0797. The molecule has 0 aliphatic rings. The van der Waals surface area contributed by atoms with Crippen molar-refractivity contribution in [3.8, 4) is 0 Å². The first-order valence-corrected chi connectivity index (χ1v) is 5.50. The normalized spacial score (nSPS) is 12.6. The van der Waals surface area contributed by atoms with Crippen LogP contribution >= 0.6 is 0 Å². The lowest BCUT2D eigenvalue weighted by Crippen LogP contribution is -2.47. The van der Waals surface area contributed by atoms with E-state index in [1.807, 2.05) is 0 Å². The molecule has 0 saturated heterocycles. The molecule has 0 fully saturated rings. The minimum Gasteiger partial charge on any atom is -0.480 e. The number of halogens is 4. The first-order chi connectivity index (χ1) is 9.61. The summed E-state index contributed by atoms with van der Waals surface area (Å²) in [5.74, 6) is -5.72. The van der Waals surface area contributed by atoms with Crippen LogP contribution in [0.5, 0.6) is 0 Å². The van der Waals surface area contributed by atoms with Gasteiger partial charge in [-0.1, -0.05) is 0 Å². The Balaban J connectivity index is 2.79. The van der Waals surface area contributed by atoms with Crippen molar-refractivity contribution in [3.05, 3.63) is 35.6 Å². The van der Waals surface area contributed by atoms with Crippen molar-refractivity contribution in [1.82, 2.24) is 5.32 Å². The van der Waals surface area contributed by atoms with Gasteiger partial charge in [-0.05, 0) is 24.3 Å². The molecule has 0 heterocycles. The Morgan fingerprint density at radius 2 is 1.67 bits per heavy atom. The third-order valence-electron chi connectivity index (χ3n) is 2.42. The molecule has 114 valence electrons. The van der Waals surface area contributed by atoms with E-state index in [4.69, 9.17) is 5.11 Å². The number of carbonyl (C=O) groups is 3. The van der Waals surface area contributed by atoms with E-state index in [2.05, 4.69) is 0 Å². The molecule has 0 spiro atoms. The van der Waals surface area contributed by atoms with E-state index in [9.17, 15) is 31.9 Å². The Bertz CT molecular complexity index is 553. The summed E-state index contributed by atoms with van der Waals surface area (Å²) in [5, 5.41) is 9.94. The number of carboxylic acids is 1. The van der Waals surface area contributed by atoms with Crippen LogP contribution in [-0.4, -0.2) is 35.0 Å². The van der Waals surface area contributed by atoms with Gasteiger partial charge in [-0.15, -0.1) is 0 Å². The molecule has 9 heteroatoms. The molecule has 0 unspecified atom stereocenters. The maximum absolute atomic E-state index is 12.7. The predicted octanol–water partition coefficient (Wildman–Crippen LogP) is 1.53. The number of nitrogens with one attached hydrogen (secondary N) is 1. The van der Waals surface area contributed by atoms with E-state index in [0.29, 0.717) is 0 Å². The number of aliphatic carboxylic acids is 1. The van der Waals surface area contributed by atoms with E-state index in [1.54, 1.807) is 0 Å². The van der Waals surface area contributed by atoms with E-state index < -0.39 is 42.1 Å². The van der Waals surface area contributed by atoms with Crippen molar-refractivity contribution < 1.29 is 37.1 Å². The van der Waals surface area contributed by atoms with Gasteiger partial charge < -0.3 is 10.4 Å². The van der Waals surface area contributed by atoms with Crippen molar-refractivity contribution in [2.24, 2.45) is 0 Å². The maximum atomic E-state index is 12.7. The zero-order chi connectivity index (χ0) is 16.2. The van der Waals surface area contributed by atoms with Gasteiger partial charge in [0.25, 0.3) is 0 Å². The van der Waals surface area contributed by atoms with Crippen LogP contribution in [0.1, 0.15) is 16.8 Å². The molecular weight excluding hydrogens is 298 g/mol. The number of hydrogen-bond donors (Lipinski definition) is 2. The molecular formula is C12H9F4NO4. The summed E-state index contributed by atoms with van der Waals surface area (Å²) in [6, 6.07) is 1.97. The van der Waals surface area contributed by atoms with Crippen molar-refractivity contribution in [2.75, 3.05) is 0 Å². The van der Waals surface area contributed by atoms with E-state index >= 15 is 0 Å². The van der Waals surface area contributed by atoms with E-state index in [1.165, 1.54) is 5.32 Å². The standard InChI is InChI=1S/C12H9F4NO4/c13-7-3-1-6(2-4-7)9(18)5-8(10(19)20)17-11(21)12(14,15)16/h1-4,8H,5H2,(H,17,21)(H,19,20)/t8-/m1/s1. The zero-order valence-electron chi connectivity index (χ0n) is 10.3. The van der Waals surface area contributed by atoms with Crippen molar-refractivity contribution in [2.45, 2.75) is 18.6 Å². The quantitative estimate of drug-likeness (QED) is 0.638.